The van der Waals surface area contributed by atoms with Gasteiger partial charge in [0.25, 0.3) is 5.91 Å². The van der Waals surface area contributed by atoms with Crippen LogP contribution in [0.15, 0.2) is 51.7 Å². The van der Waals surface area contributed by atoms with E-state index >= 15 is 0 Å². The van der Waals surface area contributed by atoms with E-state index in [9.17, 15) is 9.59 Å². The third-order valence-electron chi connectivity index (χ3n) is 4.50. The van der Waals surface area contributed by atoms with Gasteiger partial charge in [-0.2, -0.15) is 0 Å². The standard InChI is InChI=1S/C22H23NO6/c1-14-19(28-13-20(24)23-10-11-26-2)9-8-17-18(12-21(25)29-22(14)17)15-4-6-16(27-3)7-5-15/h4-9,12H,10-11,13H2,1-3H3,(H,23,24). The molecule has 1 heterocycles. The number of hydrogen-bond acceptors (Lipinski definition) is 6. The molecule has 0 saturated heterocycles. The molecule has 152 valence electrons. The van der Waals surface area contributed by atoms with Crippen molar-refractivity contribution in [2.45, 2.75) is 6.92 Å². The van der Waals surface area contributed by atoms with Crippen LogP contribution in [0, 0.1) is 6.92 Å². The number of hydrogen-bond donors (Lipinski definition) is 1. The molecule has 7 nitrogen and oxygen atoms in total. The van der Waals surface area contributed by atoms with Gasteiger partial charge < -0.3 is 23.9 Å². The van der Waals surface area contributed by atoms with Gasteiger partial charge in [0, 0.05) is 30.7 Å². The van der Waals surface area contributed by atoms with Gasteiger partial charge in [0.2, 0.25) is 0 Å². The first-order valence-corrected chi connectivity index (χ1v) is 9.14. The molecule has 0 radical (unpaired) electrons. The summed E-state index contributed by atoms with van der Waals surface area (Å²) in [5.74, 6) is 0.959. The molecule has 3 aromatic rings. The Morgan fingerprint density at radius 2 is 1.86 bits per heavy atom. The molecule has 0 aliphatic carbocycles. The third-order valence-corrected chi connectivity index (χ3v) is 4.50. The molecule has 0 saturated carbocycles. The van der Waals surface area contributed by atoms with Gasteiger partial charge in [-0.25, -0.2) is 4.79 Å². The van der Waals surface area contributed by atoms with E-state index in [0.717, 1.165) is 22.3 Å². The van der Waals surface area contributed by atoms with Crippen LogP contribution in [0.3, 0.4) is 0 Å². The van der Waals surface area contributed by atoms with E-state index in [1.54, 1.807) is 27.2 Å². The fourth-order valence-corrected chi connectivity index (χ4v) is 3.00. The lowest BCUT2D eigenvalue weighted by molar-refractivity contribution is -0.123. The van der Waals surface area contributed by atoms with E-state index < -0.39 is 5.63 Å². The molecule has 0 spiro atoms. The van der Waals surface area contributed by atoms with Crippen LogP contribution in [0.4, 0.5) is 0 Å². The predicted molar refractivity (Wildman–Crippen MR) is 110 cm³/mol. The van der Waals surface area contributed by atoms with Crippen LogP contribution in [-0.4, -0.2) is 39.9 Å². The molecule has 1 aromatic heterocycles. The first kappa shape index (κ1) is 20.4. The highest BCUT2D eigenvalue weighted by Crippen LogP contribution is 2.33. The van der Waals surface area contributed by atoms with Crippen molar-refractivity contribution in [3.8, 4) is 22.6 Å². The summed E-state index contributed by atoms with van der Waals surface area (Å²) in [5.41, 5.74) is 2.25. The number of ether oxygens (including phenoxy) is 3. The van der Waals surface area contributed by atoms with Crippen LogP contribution >= 0.6 is 0 Å². The monoisotopic (exact) mass is 397 g/mol. The molecule has 29 heavy (non-hydrogen) atoms. The van der Waals surface area contributed by atoms with Gasteiger partial charge in [-0.15, -0.1) is 0 Å². The van der Waals surface area contributed by atoms with Crippen LogP contribution in [0.1, 0.15) is 5.56 Å². The minimum atomic E-state index is -0.458. The zero-order valence-electron chi connectivity index (χ0n) is 16.6. The minimum Gasteiger partial charge on any atom is -0.497 e. The predicted octanol–water partition coefficient (Wildman–Crippen LogP) is 2.92. The van der Waals surface area contributed by atoms with Gasteiger partial charge in [-0.1, -0.05) is 12.1 Å². The maximum Gasteiger partial charge on any atom is 0.336 e. The Morgan fingerprint density at radius 3 is 2.55 bits per heavy atom. The normalized spacial score (nSPS) is 10.7. The van der Waals surface area contributed by atoms with E-state index in [1.165, 1.54) is 6.07 Å². The number of amides is 1. The second-order valence-corrected chi connectivity index (χ2v) is 6.40. The summed E-state index contributed by atoms with van der Waals surface area (Å²) >= 11 is 0. The van der Waals surface area contributed by atoms with Crippen molar-refractivity contribution < 1.29 is 23.4 Å². The average molecular weight is 397 g/mol. The summed E-state index contributed by atoms with van der Waals surface area (Å²) in [6.45, 7) is 2.50. The topological polar surface area (TPSA) is 87.0 Å². The maximum absolute atomic E-state index is 12.2. The van der Waals surface area contributed by atoms with Crippen molar-refractivity contribution in [1.82, 2.24) is 5.32 Å². The van der Waals surface area contributed by atoms with Gasteiger partial charge in [-0.05, 0) is 42.3 Å². The molecule has 2 aromatic carbocycles. The SMILES string of the molecule is COCCNC(=O)COc1ccc2c(-c3ccc(OC)cc3)cc(=O)oc2c1C. The Morgan fingerprint density at radius 1 is 1.10 bits per heavy atom. The molecule has 0 unspecified atom stereocenters. The van der Waals surface area contributed by atoms with Crippen molar-refractivity contribution in [2.24, 2.45) is 0 Å². The van der Waals surface area contributed by atoms with E-state index in [-0.39, 0.29) is 12.5 Å². The number of benzene rings is 2. The van der Waals surface area contributed by atoms with Gasteiger partial charge in [0.15, 0.2) is 6.61 Å². The Kier molecular flexibility index (Phi) is 6.51. The molecule has 7 heteroatoms. The van der Waals surface area contributed by atoms with E-state index in [2.05, 4.69) is 5.32 Å². The molecular formula is C22H23NO6. The molecule has 0 aliphatic heterocycles. The quantitative estimate of drug-likeness (QED) is 0.465. The summed E-state index contributed by atoms with van der Waals surface area (Å²) in [6, 6.07) is 12.5. The number of carbonyl (C=O) groups is 1. The van der Waals surface area contributed by atoms with Crippen molar-refractivity contribution in [1.29, 1.82) is 0 Å². The highest BCUT2D eigenvalue weighted by Gasteiger charge is 2.14. The Bertz CT molecular complexity index is 1060. The van der Waals surface area contributed by atoms with Crippen molar-refractivity contribution in [3.05, 3.63) is 58.4 Å². The fourth-order valence-electron chi connectivity index (χ4n) is 3.00. The van der Waals surface area contributed by atoms with Crippen molar-refractivity contribution >= 4 is 16.9 Å². The van der Waals surface area contributed by atoms with Crippen LogP contribution < -0.4 is 20.4 Å². The minimum absolute atomic E-state index is 0.140. The zero-order valence-corrected chi connectivity index (χ0v) is 16.6. The maximum atomic E-state index is 12.2. The number of aryl methyl sites for hydroxylation is 1. The third kappa shape index (κ3) is 4.75. The van der Waals surface area contributed by atoms with Crippen molar-refractivity contribution in [2.75, 3.05) is 34.0 Å². The first-order valence-electron chi connectivity index (χ1n) is 9.14. The number of methoxy groups -OCH3 is 2. The summed E-state index contributed by atoms with van der Waals surface area (Å²) in [4.78, 5) is 24.0. The molecule has 1 N–H and O–H groups in total. The number of fused-ring (bicyclic) bond motifs is 1. The average Bonchev–Trinajstić information content (AvgIpc) is 2.73. The van der Waals surface area contributed by atoms with Crippen LogP contribution in [0.25, 0.3) is 22.1 Å². The lowest BCUT2D eigenvalue weighted by atomic mass is 10.00. The molecule has 0 bridgehead atoms. The smallest absolute Gasteiger partial charge is 0.336 e. The second kappa shape index (κ2) is 9.25. The summed E-state index contributed by atoms with van der Waals surface area (Å²) < 4.78 is 21.2. The van der Waals surface area contributed by atoms with Crippen LogP contribution in [0.2, 0.25) is 0 Å². The molecular weight excluding hydrogens is 374 g/mol. The highest BCUT2D eigenvalue weighted by atomic mass is 16.5. The Hall–Kier alpha value is -3.32. The number of rotatable bonds is 8. The fraction of sp³-hybridized carbons (Fsp3) is 0.273. The van der Waals surface area contributed by atoms with Crippen LogP contribution in [0.5, 0.6) is 11.5 Å². The van der Waals surface area contributed by atoms with Gasteiger partial charge in [-0.3, -0.25) is 4.79 Å². The van der Waals surface area contributed by atoms with Gasteiger partial charge in [0.05, 0.1) is 13.7 Å². The number of carbonyl (C=O) groups excluding carboxylic acids is 1. The van der Waals surface area contributed by atoms with E-state index in [0.29, 0.717) is 30.0 Å². The lowest BCUT2D eigenvalue weighted by Crippen LogP contribution is -2.31. The van der Waals surface area contributed by atoms with Gasteiger partial charge >= 0.3 is 5.63 Å². The first-order chi connectivity index (χ1) is 14.0. The van der Waals surface area contributed by atoms with Crippen molar-refractivity contribution in [3.63, 3.8) is 0 Å². The molecule has 1 amide bonds. The Balaban J connectivity index is 1.90. The summed E-state index contributed by atoms with van der Waals surface area (Å²) in [6.07, 6.45) is 0. The van der Waals surface area contributed by atoms with E-state index in [1.807, 2.05) is 30.3 Å². The van der Waals surface area contributed by atoms with E-state index in [4.69, 9.17) is 18.6 Å². The molecule has 0 atom stereocenters. The molecule has 0 aliphatic rings. The molecule has 3 rings (SSSR count). The summed E-state index contributed by atoms with van der Waals surface area (Å²) in [5, 5.41) is 3.47. The zero-order chi connectivity index (χ0) is 20.8. The molecule has 0 fully saturated rings. The largest absolute Gasteiger partial charge is 0.497 e. The number of nitrogens with one attached hydrogen (secondary N) is 1. The summed E-state index contributed by atoms with van der Waals surface area (Å²) in [7, 11) is 3.17. The highest BCUT2D eigenvalue weighted by molar-refractivity contribution is 5.95. The second-order valence-electron chi connectivity index (χ2n) is 6.40. The van der Waals surface area contributed by atoms with Crippen LogP contribution in [-0.2, 0) is 9.53 Å². The Labute approximate surface area is 168 Å². The van der Waals surface area contributed by atoms with Gasteiger partial charge in [0.1, 0.15) is 17.1 Å². The lowest BCUT2D eigenvalue weighted by Gasteiger charge is -2.13.